The van der Waals surface area contributed by atoms with E-state index < -0.39 is 17.6 Å². The molecule has 0 aliphatic rings. The number of nitrogens with one attached hydrogen (secondary N) is 1. The maximum atomic E-state index is 13.2. The fraction of sp³-hybridized carbons (Fsp3) is 0.211. The molecule has 0 fully saturated rings. The topological polar surface area (TPSA) is 69.0 Å². The zero-order valence-corrected chi connectivity index (χ0v) is 18.2. The highest BCUT2D eigenvalue weighted by atomic mass is 79.9. The van der Waals surface area contributed by atoms with Crippen molar-refractivity contribution in [2.24, 2.45) is 0 Å². The Morgan fingerprint density at radius 2 is 1.90 bits per heavy atom. The van der Waals surface area contributed by atoms with Crippen molar-refractivity contribution in [2.75, 3.05) is 18.2 Å². The molecular weight excluding hydrogens is 485 g/mol. The van der Waals surface area contributed by atoms with E-state index in [1.165, 1.54) is 12.1 Å². The second-order valence-electron chi connectivity index (χ2n) is 6.09. The molecule has 0 unspecified atom stereocenters. The van der Waals surface area contributed by atoms with E-state index in [1.54, 1.807) is 30.7 Å². The van der Waals surface area contributed by atoms with E-state index in [4.69, 9.17) is 4.74 Å². The molecule has 0 radical (unpaired) electrons. The van der Waals surface area contributed by atoms with Crippen LogP contribution in [0.15, 0.2) is 52.1 Å². The van der Waals surface area contributed by atoms with Crippen LogP contribution in [-0.4, -0.2) is 33.5 Å². The van der Waals surface area contributed by atoms with Crippen molar-refractivity contribution in [3.8, 4) is 11.4 Å². The van der Waals surface area contributed by atoms with Crippen molar-refractivity contribution in [3.63, 3.8) is 0 Å². The number of carbonyl (C=O) groups excluding carboxylic acids is 1. The summed E-state index contributed by atoms with van der Waals surface area (Å²) in [5.74, 6) is 0.569. The normalized spacial score (nSPS) is 11.4. The van der Waals surface area contributed by atoms with E-state index in [0.29, 0.717) is 16.7 Å². The Labute approximate surface area is 183 Å². The summed E-state index contributed by atoms with van der Waals surface area (Å²) in [6.07, 6.45) is -4.59. The molecule has 0 bridgehead atoms. The molecule has 1 amide bonds. The van der Waals surface area contributed by atoms with Crippen molar-refractivity contribution < 1.29 is 22.7 Å². The molecule has 3 rings (SSSR count). The highest BCUT2D eigenvalue weighted by molar-refractivity contribution is 9.10. The van der Waals surface area contributed by atoms with Crippen molar-refractivity contribution in [2.45, 2.75) is 18.3 Å². The van der Waals surface area contributed by atoms with Gasteiger partial charge in [-0.3, -0.25) is 9.36 Å². The Morgan fingerprint density at radius 3 is 2.53 bits per heavy atom. The van der Waals surface area contributed by atoms with Crippen LogP contribution in [0.2, 0.25) is 0 Å². The smallest absolute Gasteiger partial charge is 0.418 e. The molecular formula is C19H16BrF3N4O2S. The van der Waals surface area contributed by atoms with E-state index >= 15 is 0 Å². The Morgan fingerprint density at radius 1 is 1.20 bits per heavy atom. The van der Waals surface area contributed by atoms with Crippen LogP contribution in [-0.2, 0) is 11.0 Å². The van der Waals surface area contributed by atoms with Gasteiger partial charge in [-0.2, -0.15) is 13.2 Å². The number of anilines is 1. The van der Waals surface area contributed by atoms with Gasteiger partial charge >= 0.3 is 6.18 Å². The molecule has 0 spiro atoms. The summed E-state index contributed by atoms with van der Waals surface area (Å²) in [5.41, 5.74) is -0.454. The average molecular weight is 501 g/mol. The predicted octanol–water partition coefficient (Wildman–Crippen LogP) is 5.10. The monoisotopic (exact) mass is 500 g/mol. The van der Waals surface area contributed by atoms with Crippen molar-refractivity contribution in [3.05, 3.63) is 58.3 Å². The Balaban J connectivity index is 1.74. The minimum Gasteiger partial charge on any atom is -0.497 e. The van der Waals surface area contributed by atoms with Gasteiger partial charge in [0.15, 0.2) is 5.16 Å². The van der Waals surface area contributed by atoms with Crippen LogP contribution in [0.25, 0.3) is 5.69 Å². The fourth-order valence-corrected chi connectivity index (χ4v) is 3.80. The van der Waals surface area contributed by atoms with E-state index in [-0.39, 0.29) is 15.9 Å². The number of hydrogen-bond donors (Lipinski definition) is 1. The zero-order valence-electron chi connectivity index (χ0n) is 15.8. The van der Waals surface area contributed by atoms with Gasteiger partial charge < -0.3 is 10.1 Å². The number of thioether (sulfide) groups is 1. The van der Waals surface area contributed by atoms with Gasteiger partial charge in [-0.1, -0.05) is 27.7 Å². The molecule has 1 heterocycles. The number of methoxy groups -OCH3 is 1. The summed E-state index contributed by atoms with van der Waals surface area (Å²) < 4.78 is 46.8. The summed E-state index contributed by atoms with van der Waals surface area (Å²) in [6, 6.07) is 10.8. The van der Waals surface area contributed by atoms with Crippen LogP contribution in [0.1, 0.15) is 11.4 Å². The lowest BCUT2D eigenvalue weighted by Crippen LogP contribution is -2.18. The van der Waals surface area contributed by atoms with Crippen LogP contribution in [0, 0.1) is 6.92 Å². The van der Waals surface area contributed by atoms with Gasteiger partial charge in [0.2, 0.25) is 5.91 Å². The lowest BCUT2D eigenvalue weighted by molar-refractivity contribution is -0.137. The first-order valence-corrected chi connectivity index (χ1v) is 10.3. The molecule has 30 heavy (non-hydrogen) atoms. The molecule has 6 nitrogen and oxygen atoms in total. The lowest BCUT2D eigenvalue weighted by atomic mass is 10.1. The third-order valence-corrected chi connectivity index (χ3v) is 5.44. The van der Waals surface area contributed by atoms with Gasteiger partial charge in [0.1, 0.15) is 11.6 Å². The Hall–Kier alpha value is -2.53. The molecule has 0 saturated heterocycles. The Kier molecular flexibility index (Phi) is 6.71. The zero-order chi connectivity index (χ0) is 21.9. The SMILES string of the molecule is COc1ccc(-n2c(C)nnc2SCC(=O)Nc2ccc(Br)cc2C(F)(F)F)cc1. The third kappa shape index (κ3) is 5.14. The number of benzene rings is 2. The minimum absolute atomic E-state index is 0.137. The number of alkyl halides is 3. The standard InChI is InChI=1S/C19H16BrF3N4O2S/c1-11-25-26-18(27(11)13-4-6-14(29-2)7-5-13)30-10-17(28)24-16-8-3-12(20)9-15(16)19(21,22)23/h3-9H,10H2,1-2H3,(H,24,28). The van der Waals surface area contributed by atoms with Gasteiger partial charge in [0.05, 0.1) is 24.1 Å². The van der Waals surface area contributed by atoms with E-state index in [0.717, 1.165) is 23.5 Å². The van der Waals surface area contributed by atoms with Crippen LogP contribution in [0.5, 0.6) is 5.75 Å². The molecule has 0 aliphatic heterocycles. The van der Waals surface area contributed by atoms with Crippen LogP contribution >= 0.6 is 27.7 Å². The van der Waals surface area contributed by atoms with Crippen molar-refractivity contribution >= 4 is 39.3 Å². The third-order valence-electron chi connectivity index (χ3n) is 4.02. The molecule has 0 aliphatic carbocycles. The summed E-state index contributed by atoms with van der Waals surface area (Å²) >= 11 is 4.09. The van der Waals surface area contributed by atoms with Gasteiger partial charge in [-0.05, 0) is 49.4 Å². The minimum atomic E-state index is -4.59. The number of ether oxygens (including phenoxy) is 1. The quantitative estimate of drug-likeness (QED) is 0.477. The number of halogens is 4. The molecule has 1 aromatic heterocycles. The first kappa shape index (κ1) is 22.2. The number of rotatable bonds is 6. The first-order valence-electron chi connectivity index (χ1n) is 8.55. The molecule has 0 saturated carbocycles. The summed E-state index contributed by atoms with van der Waals surface area (Å²) in [6.45, 7) is 1.76. The fourth-order valence-electron chi connectivity index (χ4n) is 2.64. The second kappa shape index (κ2) is 9.09. The predicted molar refractivity (Wildman–Crippen MR) is 111 cm³/mol. The Bertz CT molecular complexity index is 1050. The van der Waals surface area contributed by atoms with Crippen molar-refractivity contribution in [1.82, 2.24) is 14.8 Å². The number of aromatic nitrogens is 3. The number of nitrogens with zero attached hydrogens (tertiary/aromatic N) is 3. The van der Waals surface area contributed by atoms with E-state index in [9.17, 15) is 18.0 Å². The lowest BCUT2D eigenvalue weighted by Gasteiger charge is -2.14. The number of carbonyl (C=O) groups is 1. The van der Waals surface area contributed by atoms with Crippen LogP contribution in [0.3, 0.4) is 0 Å². The summed E-state index contributed by atoms with van der Waals surface area (Å²) in [5, 5.41) is 10.9. The van der Waals surface area contributed by atoms with E-state index in [1.807, 2.05) is 12.1 Å². The van der Waals surface area contributed by atoms with Gasteiger partial charge in [0.25, 0.3) is 0 Å². The molecule has 1 N–H and O–H groups in total. The van der Waals surface area contributed by atoms with Gasteiger partial charge in [-0.25, -0.2) is 0 Å². The average Bonchev–Trinajstić information content (AvgIpc) is 3.07. The number of hydrogen-bond acceptors (Lipinski definition) is 5. The summed E-state index contributed by atoms with van der Waals surface area (Å²) in [4.78, 5) is 12.3. The summed E-state index contributed by atoms with van der Waals surface area (Å²) in [7, 11) is 1.56. The maximum Gasteiger partial charge on any atom is 0.418 e. The molecule has 3 aromatic rings. The first-order chi connectivity index (χ1) is 14.2. The molecule has 11 heteroatoms. The molecule has 0 atom stereocenters. The second-order valence-corrected chi connectivity index (χ2v) is 7.95. The molecule has 2 aromatic carbocycles. The number of amides is 1. The maximum absolute atomic E-state index is 13.2. The van der Waals surface area contributed by atoms with Gasteiger partial charge in [-0.15, -0.1) is 10.2 Å². The molecule has 158 valence electrons. The number of aryl methyl sites for hydroxylation is 1. The van der Waals surface area contributed by atoms with E-state index in [2.05, 4.69) is 31.4 Å². The van der Waals surface area contributed by atoms with Crippen LogP contribution < -0.4 is 10.1 Å². The van der Waals surface area contributed by atoms with Crippen LogP contribution in [0.4, 0.5) is 18.9 Å². The highest BCUT2D eigenvalue weighted by Gasteiger charge is 2.34. The van der Waals surface area contributed by atoms with Crippen molar-refractivity contribution in [1.29, 1.82) is 0 Å². The van der Waals surface area contributed by atoms with Gasteiger partial charge in [0, 0.05) is 10.2 Å². The largest absolute Gasteiger partial charge is 0.497 e. The highest BCUT2D eigenvalue weighted by Crippen LogP contribution is 2.36.